The fourth-order valence-corrected chi connectivity index (χ4v) is 4.67. The smallest absolute Gasteiger partial charge is 0.223 e. The van der Waals surface area contributed by atoms with Crippen LogP contribution in [0.15, 0.2) is 24.5 Å². The Morgan fingerprint density at radius 1 is 1.50 bits per heavy atom. The van der Waals surface area contributed by atoms with Crippen molar-refractivity contribution in [2.75, 3.05) is 18.4 Å². The van der Waals surface area contributed by atoms with Gasteiger partial charge in [0.1, 0.15) is 5.65 Å². The van der Waals surface area contributed by atoms with Crippen molar-refractivity contribution >= 4 is 33.4 Å². The van der Waals surface area contributed by atoms with Gasteiger partial charge in [-0.25, -0.2) is 9.97 Å². The summed E-state index contributed by atoms with van der Waals surface area (Å²) in [6, 6.07) is 4.39. The van der Waals surface area contributed by atoms with E-state index in [4.69, 9.17) is 4.98 Å². The molecule has 3 aromatic heterocycles. The lowest BCUT2D eigenvalue weighted by Gasteiger charge is -2.33. The minimum atomic E-state index is -0.0768. The number of piperidine rings is 1. The molecule has 1 saturated heterocycles. The lowest BCUT2D eigenvalue weighted by Crippen LogP contribution is -2.34. The third kappa shape index (κ3) is 3.64. The predicted octanol–water partition coefficient (Wildman–Crippen LogP) is 3.67. The highest BCUT2D eigenvalue weighted by molar-refractivity contribution is 7.15. The van der Waals surface area contributed by atoms with Gasteiger partial charge in [-0.1, -0.05) is 0 Å². The van der Waals surface area contributed by atoms with Crippen molar-refractivity contribution in [2.45, 2.75) is 39.2 Å². The largest absolute Gasteiger partial charge is 0.346 e. The van der Waals surface area contributed by atoms with E-state index in [-0.39, 0.29) is 5.91 Å². The molecule has 1 aliphatic rings. The summed E-state index contributed by atoms with van der Waals surface area (Å²) in [6.07, 6.45) is 6.21. The highest BCUT2D eigenvalue weighted by atomic mass is 32.1. The Morgan fingerprint density at radius 3 is 3.23 bits per heavy atom. The normalized spacial score (nSPS) is 18.3. The SMILES string of the molecule is CC(=O)Nc1ncc(CN2CCC[C@H](c3cc4cc[nH]c4nc3C)C2)s1. The first-order valence-electron chi connectivity index (χ1n) is 8.98. The molecule has 1 amide bonds. The van der Waals surface area contributed by atoms with E-state index < -0.39 is 0 Å². The molecule has 6 nitrogen and oxygen atoms in total. The first-order valence-corrected chi connectivity index (χ1v) is 9.79. The standard InChI is InChI=1S/C19H23N5OS/c1-12-17(8-14-5-6-20-18(14)22-12)15-4-3-7-24(10-15)11-16-9-21-19(26-16)23-13(2)25/h5-6,8-9,15H,3-4,7,10-11H2,1-2H3,(H,20,22)(H,21,23,25)/t15-/m0/s1. The van der Waals surface area contributed by atoms with Gasteiger partial charge in [-0.15, -0.1) is 11.3 Å². The number of aromatic nitrogens is 3. The van der Waals surface area contributed by atoms with E-state index in [1.165, 1.54) is 35.6 Å². The Balaban J connectivity index is 1.47. The van der Waals surface area contributed by atoms with E-state index in [9.17, 15) is 4.79 Å². The molecule has 3 aromatic rings. The highest BCUT2D eigenvalue weighted by Gasteiger charge is 2.24. The quantitative estimate of drug-likeness (QED) is 0.736. The first kappa shape index (κ1) is 17.2. The maximum Gasteiger partial charge on any atom is 0.223 e. The van der Waals surface area contributed by atoms with E-state index in [1.807, 2.05) is 12.4 Å². The molecule has 2 N–H and O–H groups in total. The van der Waals surface area contributed by atoms with E-state index >= 15 is 0 Å². The van der Waals surface area contributed by atoms with Gasteiger partial charge in [0.2, 0.25) is 5.91 Å². The van der Waals surface area contributed by atoms with Crippen LogP contribution in [0.3, 0.4) is 0 Å². The Hall–Kier alpha value is -2.25. The molecule has 1 fully saturated rings. The monoisotopic (exact) mass is 369 g/mol. The number of amides is 1. The Bertz CT molecular complexity index is 931. The summed E-state index contributed by atoms with van der Waals surface area (Å²) < 4.78 is 0. The average Bonchev–Trinajstić information content (AvgIpc) is 3.22. The molecule has 1 atom stereocenters. The van der Waals surface area contributed by atoms with Gasteiger partial charge >= 0.3 is 0 Å². The van der Waals surface area contributed by atoms with Gasteiger partial charge in [0.05, 0.1) is 0 Å². The number of nitrogens with one attached hydrogen (secondary N) is 2. The summed E-state index contributed by atoms with van der Waals surface area (Å²) in [5.74, 6) is 0.436. The van der Waals surface area contributed by atoms with Crippen molar-refractivity contribution in [3.05, 3.63) is 40.7 Å². The molecule has 0 radical (unpaired) electrons. The number of aryl methyl sites for hydroxylation is 1. The van der Waals surface area contributed by atoms with Crippen molar-refractivity contribution in [3.8, 4) is 0 Å². The molecule has 0 bridgehead atoms. The lowest BCUT2D eigenvalue weighted by molar-refractivity contribution is -0.114. The zero-order valence-electron chi connectivity index (χ0n) is 15.1. The van der Waals surface area contributed by atoms with Gasteiger partial charge in [0.15, 0.2) is 5.13 Å². The Kier molecular flexibility index (Phi) is 4.74. The van der Waals surface area contributed by atoms with E-state index in [0.29, 0.717) is 11.0 Å². The number of pyridine rings is 1. The summed E-state index contributed by atoms with van der Waals surface area (Å²) in [7, 11) is 0. The molecule has 0 saturated carbocycles. The molecule has 0 aliphatic carbocycles. The van der Waals surface area contributed by atoms with Crippen molar-refractivity contribution < 1.29 is 4.79 Å². The second kappa shape index (κ2) is 7.17. The molecule has 1 aliphatic heterocycles. The van der Waals surface area contributed by atoms with Gasteiger partial charge in [-0.2, -0.15) is 0 Å². The van der Waals surface area contributed by atoms with Crippen LogP contribution in [0.25, 0.3) is 11.0 Å². The number of nitrogens with zero attached hydrogens (tertiary/aromatic N) is 3. The molecule has 7 heteroatoms. The number of H-pyrrole nitrogens is 1. The van der Waals surface area contributed by atoms with Crippen LogP contribution in [0, 0.1) is 6.92 Å². The third-order valence-electron chi connectivity index (χ3n) is 4.93. The molecular weight excluding hydrogens is 346 g/mol. The van der Waals surface area contributed by atoms with Crippen LogP contribution in [0.5, 0.6) is 0 Å². The molecular formula is C19H23N5OS. The molecule has 0 spiro atoms. The lowest BCUT2D eigenvalue weighted by atomic mass is 9.89. The predicted molar refractivity (Wildman–Crippen MR) is 105 cm³/mol. The number of rotatable bonds is 4. The number of hydrogen-bond donors (Lipinski definition) is 2. The number of carbonyl (C=O) groups excluding carboxylic acids is 1. The molecule has 26 heavy (non-hydrogen) atoms. The van der Waals surface area contributed by atoms with Crippen LogP contribution in [-0.4, -0.2) is 38.8 Å². The van der Waals surface area contributed by atoms with Crippen LogP contribution in [-0.2, 0) is 11.3 Å². The number of thiazole rings is 1. The summed E-state index contributed by atoms with van der Waals surface area (Å²) >= 11 is 1.56. The van der Waals surface area contributed by atoms with Gasteiger partial charge in [-0.05, 0) is 49.9 Å². The zero-order chi connectivity index (χ0) is 18.1. The molecule has 0 unspecified atom stereocenters. The maximum absolute atomic E-state index is 11.2. The summed E-state index contributed by atoms with van der Waals surface area (Å²) in [5, 5.41) is 4.62. The van der Waals surface area contributed by atoms with Crippen molar-refractivity contribution in [2.24, 2.45) is 0 Å². The minimum absolute atomic E-state index is 0.0768. The second-order valence-corrected chi connectivity index (χ2v) is 8.08. The Morgan fingerprint density at radius 2 is 2.38 bits per heavy atom. The maximum atomic E-state index is 11.2. The number of anilines is 1. The van der Waals surface area contributed by atoms with Crippen LogP contribution < -0.4 is 5.32 Å². The number of aromatic amines is 1. The van der Waals surface area contributed by atoms with Gasteiger partial charge in [0.25, 0.3) is 0 Å². The van der Waals surface area contributed by atoms with Gasteiger partial charge in [0, 0.05) is 48.4 Å². The number of likely N-dealkylation sites (tertiary alicyclic amines) is 1. The Labute approximate surface area is 156 Å². The fraction of sp³-hybridized carbons (Fsp3) is 0.421. The van der Waals surface area contributed by atoms with Crippen molar-refractivity contribution in [1.82, 2.24) is 19.9 Å². The molecule has 136 valence electrons. The van der Waals surface area contributed by atoms with Crippen LogP contribution in [0.2, 0.25) is 0 Å². The summed E-state index contributed by atoms with van der Waals surface area (Å²) in [6.45, 7) is 6.63. The van der Waals surface area contributed by atoms with Crippen LogP contribution in [0.4, 0.5) is 5.13 Å². The minimum Gasteiger partial charge on any atom is -0.346 e. The topological polar surface area (TPSA) is 73.9 Å². The average molecular weight is 369 g/mol. The van der Waals surface area contributed by atoms with Crippen molar-refractivity contribution in [1.29, 1.82) is 0 Å². The first-order chi connectivity index (χ1) is 12.6. The number of hydrogen-bond acceptors (Lipinski definition) is 5. The summed E-state index contributed by atoms with van der Waals surface area (Å²) in [4.78, 5) is 27.0. The number of carbonyl (C=O) groups is 1. The van der Waals surface area contributed by atoms with Crippen LogP contribution in [0.1, 0.15) is 41.8 Å². The third-order valence-corrected chi connectivity index (χ3v) is 5.82. The fourth-order valence-electron chi connectivity index (χ4n) is 3.77. The second-order valence-electron chi connectivity index (χ2n) is 6.97. The van der Waals surface area contributed by atoms with Gasteiger partial charge < -0.3 is 10.3 Å². The highest BCUT2D eigenvalue weighted by Crippen LogP contribution is 2.31. The molecule has 0 aromatic carbocycles. The van der Waals surface area contributed by atoms with E-state index in [1.54, 1.807) is 11.3 Å². The van der Waals surface area contributed by atoms with E-state index in [0.717, 1.165) is 31.0 Å². The van der Waals surface area contributed by atoms with E-state index in [2.05, 4.69) is 39.2 Å². The molecule has 4 rings (SSSR count). The molecule has 4 heterocycles. The summed E-state index contributed by atoms with van der Waals surface area (Å²) in [5.41, 5.74) is 3.46. The van der Waals surface area contributed by atoms with Gasteiger partial charge in [-0.3, -0.25) is 9.69 Å². The number of fused-ring (bicyclic) bond motifs is 1. The van der Waals surface area contributed by atoms with Crippen molar-refractivity contribution in [3.63, 3.8) is 0 Å². The zero-order valence-corrected chi connectivity index (χ0v) is 15.9. The van der Waals surface area contributed by atoms with Crippen LogP contribution >= 0.6 is 11.3 Å².